The van der Waals surface area contributed by atoms with E-state index in [-0.39, 0.29) is 30.0 Å². The molecule has 1 aromatic carbocycles. The highest BCUT2D eigenvalue weighted by atomic mass is 35.5. The van der Waals surface area contributed by atoms with Crippen LogP contribution in [-0.4, -0.2) is 18.5 Å². The predicted molar refractivity (Wildman–Crippen MR) is 67.9 cm³/mol. The summed E-state index contributed by atoms with van der Waals surface area (Å²) in [5.74, 6) is -2.06. The fourth-order valence-electron chi connectivity index (χ4n) is 1.94. The third-order valence-electron chi connectivity index (χ3n) is 2.80. The SMILES string of the molecule is Cl.O=C(CC1CCCN1)Nc1ccc(F)c(F)c1. The second-order valence-electron chi connectivity index (χ2n) is 4.17. The number of carbonyl (C=O) groups excluding carboxylic acids is 1. The topological polar surface area (TPSA) is 41.1 Å². The van der Waals surface area contributed by atoms with E-state index in [0.717, 1.165) is 31.5 Å². The summed E-state index contributed by atoms with van der Waals surface area (Å²) in [4.78, 5) is 11.6. The van der Waals surface area contributed by atoms with Gasteiger partial charge in [-0.05, 0) is 31.5 Å². The van der Waals surface area contributed by atoms with E-state index in [9.17, 15) is 13.6 Å². The first kappa shape index (κ1) is 14.9. The van der Waals surface area contributed by atoms with E-state index in [2.05, 4.69) is 10.6 Å². The molecule has 1 unspecified atom stereocenters. The van der Waals surface area contributed by atoms with E-state index in [1.54, 1.807) is 0 Å². The Labute approximate surface area is 110 Å². The van der Waals surface area contributed by atoms with Gasteiger partial charge in [0.15, 0.2) is 11.6 Å². The smallest absolute Gasteiger partial charge is 0.225 e. The van der Waals surface area contributed by atoms with Crippen molar-refractivity contribution in [1.29, 1.82) is 0 Å². The Hall–Kier alpha value is -1.20. The maximum atomic E-state index is 12.9. The molecular weight excluding hydrogens is 262 g/mol. The Morgan fingerprint density at radius 2 is 2.17 bits per heavy atom. The van der Waals surface area contributed by atoms with Crippen LogP contribution >= 0.6 is 12.4 Å². The molecule has 0 aromatic heterocycles. The highest BCUT2D eigenvalue weighted by Crippen LogP contribution is 2.14. The summed E-state index contributed by atoms with van der Waals surface area (Å²) in [6.07, 6.45) is 2.41. The van der Waals surface area contributed by atoms with Crippen molar-refractivity contribution < 1.29 is 13.6 Å². The molecule has 1 heterocycles. The molecule has 0 spiro atoms. The number of hydrogen-bond donors (Lipinski definition) is 2. The minimum absolute atomic E-state index is 0. The van der Waals surface area contributed by atoms with Crippen LogP contribution in [-0.2, 0) is 4.79 Å². The van der Waals surface area contributed by atoms with Crippen LogP contribution < -0.4 is 10.6 Å². The number of rotatable bonds is 3. The van der Waals surface area contributed by atoms with Crippen molar-refractivity contribution in [3.05, 3.63) is 29.8 Å². The van der Waals surface area contributed by atoms with Crippen LogP contribution in [0.25, 0.3) is 0 Å². The maximum Gasteiger partial charge on any atom is 0.225 e. The Balaban J connectivity index is 0.00000162. The van der Waals surface area contributed by atoms with Crippen LogP contribution in [0.1, 0.15) is 19.3 Å². The van der Waals surface area contributed by atoms with Crippen LogP contribution in [0, 0.1) is 11.6 Å². The van der Waals surface area contributed by atoms with Crippen molar-refractivity contribution >= 4 is 24.0 Å². The number of hydrogen-bond acceptors (Lipinski definition) is 2. The van der Waals surface area contributed by atoms with Crippen molar-refractivity contribution in [3.8, 4) is 0 Å². The lowest BCUT2D eigenvalue weighted by Crippen LogP contribution is -2.27. The first-order chi connectivity index (χ1) is 8.15. The van der Waals surface area contributed by atoms with Crippen molar-refractivity contribution in [2.45, 2.75) is 25.3 Å². The summed E-state index contributed by atoms with van der Waals surface area (Å²) in [6, 6.07) is 3.52. The van der Waals surface area contributed by atoms with E-state index in [0.29, 0.717) is 6.42 Å². The van der Waals surface area contributed by atoms with Crippen LogP contribution in [0.5, 0.6) is 0 Å². The number of carbonyl (C=O) groups is 1. The highest BCUT2D eigenvalue weighted by Gasteiger charge is 2.17. The van der Waals surface area contributed by atoms with Gasteiger partial charge in [-0.1, -0.05) is 0 Å². The van der Waals surface area contributed by atoms with Crippen LogP contribution in [0.4, 0.5) is 14.5 Å². The number of amides is 1. The van der Waals surface area contributed by atoms with Crippen LogP contribution in [0.15, 0.2) is 18.2 Å². The fraction of sp³-hybridized carbons (Fsp3) is 0.417. The summed E-state index contributed by atoms with van der Waals surface area (Å²) < 4.78 is 25.6. The zero-order chi connectivity index (χ0) is 12.3. The Morgan fingerprint density at radius 3 is 2.78 bits per heavy atom. The normalized spacial score (nSPS) is 18.2. The molecule has 2 N–H and O–H groups in total. The standard InChI is InChI=1S/C12H14F2N2O.ClH/c13-10-4-3-9(6-11(10)14)16-12(17)7-8-2-1-5-15-8;/h3-4,6,8,15H,1-2,5,7H2,(H,16,17);1H. The third-order valence-corrected chi connectivity index (χ3v) is 2.80. The van der Waals surface area contributed by atoms with Crippen LogP contribution in [0.3, 0.4) is 0 Å². The van der Waals surface area contributed by atoms with Crippen molar-refractivity contribution in [2.24, 2.45) is 0 Å². The van der Waals surface area contributed by atoms with E-state index in [1.165, 1.54) is 6.07 Å². The average molecular weight is 277 g/mol. The molecule has 1 fully saturated rings. The van der Waals surface area contributed by atoms with Crippen molar-refractivity contribution in [3.63, 3.8) is 0 Å². The average Bonchev–Trinajstić information content (AvgIpc) is 2.76. The predicted octanol–water partition coefficient (Wildman–Crippen LogP) is 2.47. The molecule has 18 heavy (non-hydrogen) atoms. The summed E-state index contributed by atoms with van der Waals surface area (Å²) in [6.45, 7) is 0.934. The minimum atomic E-state index is -0.957. The number of benzene rings is 1. The minimum Gasteiger partial charge on any atom is -0.326 e. The lowest BCUT2D eigenvalue weighted by Gasteiger charge is -2.10. The first-order valence-corrected chi connectivity index (χ1v) is 5.63. The maximum absolute atomic E-state index is 12.9. The molecule has 0 radical (unpaired) electrons. The lowest BCUT2D eigenvalue weighted by atomic mass is 10.1. The second kappa shape index (κ2) is 6.66. The van der Waals surface area contributed by atoms with Gasteiger partial charge in [-0.15, -0.1) is 12.4 Å². The molecule has 1 aromatic rings. The quantitative estimate of drug-likeness (QED) is 0.890. The summed E-state index contributed by atoms with van der Waals surface area (Å²) >= 11 is 0. The van der Waals surface area contributed by atoms with Gasteiger partial charge >= 0.3 is 0 Å². The molecule has 1 amide bonds. The fourth-order valence-corrected chi connectivity index (χ4v) is 1.94. The third kappa shape index (κ3) is 3.92. The van der Waals surface area contributed by atoms with Crippen LogP contribution in [0.2, 0.25) is 0 Å². The van der Waals surface area contributed by atoms with Gasteiger partial charge in [0, 0.05) is 24.2 Å². The second-order valence-corrected chi connectivity index (χ2v) is 4.17. The lowest BCUT2D eigenvalue weighted by molar-refractivity contribution is -0.116. The molecule has 1 atom stereocenters. The zero-order valence-electron chi connectivity index (χ0n) is 9.71. The Kier molecular flexibility index (Phi) is 5.50. The summed E-state index contributed by atoms with van der Waals surface area (Å²) in [5.41, 5.74) is 0.284. The molecule has 100 valence electrons. The number of anilines is 1. The Morgan fingerprint density at radius 1 is 1.39 bits per heavy atom. The molecule has 2 rings (SSSR count). The zero-order valence-corrected chi connectivity index (χ0v) is 10.5. The molecule has 1 saturated heterocycles. The molecule has 1 aliphatic heterocycles. The van der Waals surface area contributed by atoms with Gasteiger partial charge in [-0.25, -0.2) is 8.78 Å². The highest BCUT2D eigenvalue weighted by molar-refractivity contribution is 5.91. The molecule has 1 aliphatic rings. The van der Waals surface area contributed by atoms with Gasteiger partial charge < -0.3 is 10.6 Å². The van der Waals surface area contributed by atoms with E-state index in [4.69, 9.17) is 0 Å². The van der Waals surface area contributed by atoms with E-state index in [1.807, 2.05) is 0 Å². The largest absolute Gasteiger partial charge is 0.326 e. The molecular formula is C12H15ClF2N2O. The van der Waals surface area contributed by atoms with Gasteiger partial charge in [0.2, 0.25) is 5.91 Å². The van der Waals surface area contributed by atoms with Gasteiger partial charge in [-0.2, -0.15) is 0 Å². The molecule has 0 saturated carbocycles. The number of halogens is 3. The molecule has 3 nitrogen and oxygen atoms in total. The van der Waals surface area contributed by atoms with Crippen molar-refractivity contribution in [2.75, 3.05) is 11.9 Å². The summed E-state index contributed by atoms with van der Waals surface area (Å²) in [5, 5.41) is 5.75. The number of nitrogens with one attached hydrogen (secondary N) is 2. The van der Waals surface area contributed by atoms with Crippen molar-refractivity contribution in [1.82, 2.24) is 5.32 Å². The Bertz CT molecular complexity index is 423. The van der Waals surface area contributed by atoms with Gasteiger partial charge in [0.05, 0.1) is 0 Å². The summed E-state index contributed by atoms with van der Waals surface area (Å²) in [7, 11) is 0. The van der Waals surface area contributed by atoms with Gasteiger partial charge in [0.1, 0.15) is 0 Å². The van der Waals surface area contributed by atoms with E-state index >= 15 is 0 Å². The molecule has 0 aliphatic carbocycles. The van der Waals surface area contributed by atoms with Gasteiger partial charge in [0.25, 0.3) is 0 Å². The van der Waals surface area contributed by atoms with Gasteiger partial charge in [-0.3, -0.25) is 4.79 Å². The first-order valence-electron chi connectivity index (χ1n) is 5.63. The molecule has 0 bridgehead atoms. The monoisotopic (exact) mass is 276 g/mol. The van der Waals surface area contributed by atoms with E-state index < -0.39 is 11.6 Å². The molecule has 6 heteroatoms.